The minimum absolute atomic E-state index is 0.662. The Morgan fingerprint density at radius 1 is 1.33 bits per heavy atom. The molecule has 0 spiro atoms. The predicted octanol–water partition coefficient (Wildman–Crippen LogP) is 2.12. The van der Waals surface area contributed by atoms with Gasteiger partial charge in [0.2, 0.25) is 0 Å². The Balaban J connectivity index is 3.28. The van der Waals surface area contributed by atoms with Crippen LogP contribution in [0.4, 0.5) is 0 Å². The average molecular weight is 164 g/mol. The average Bonchev–Trinajstić information content (AvgIpc) is 2.09. The second kappa shape index (κ2) is 3.39. The first-order chi connectivity index (χ1) is 5.69. The van der Waals surface area contributed by atoms with Crippen molar-refractivity contribution in [2.24, 2.45) is 0 Å². The summed E-state index contributed by atoms with van der Waals surface area (Å²) in [6, 6.07) is 3.60. The maximum absolute atomic E-state index is 10.5. The van der Waals surface area contributed by atoms with Crippen molar-refractivity contribution < 1.29 is 9.53 Å². The van der Waals surface area contributed by atoms with Gasteiger partial charge in [-0.3, -0.25) is 4.79 Å². The lowest BCUT2D eigenvalue weighted by molar-refractivity contribution is 0.112. The third kappa shape index (κ3) is 1.47. The van der Waals surface area contributed by atoms with Gasteiger partial charge in [-0.15, -0.1) is 0 Å². The highest BCUT2D eigenvalue weighted by molar-refractivity contribution is 5.76. The summed E-state index contributed by atoms with van der Waals surface area (Å²) in [5.74, 6) is 0.775. The van der Waals surface area contributed by atoms with E-state index < -0.39 is 0 Å². The number of rotatable bonds is 2. The lowest BCUT2D eigenvalue weighted by atomic mass is 10.1. The molecule has 0 saturated carbocycles. The van der Waals surface area contributed by atoms with Crippen LogP contribution in [0.25, 0.3) is 0 Å². The molecule has 0 amide bonds. The molecule has 2 nitrogen and oxygen atoms in total. The SMILES string of the molecule is COc1cc(C=O)cc(C)c1C. The molecule has 0 heterocycles. The molecule has 0 fully saturated rings. The molecule has 1 rings (SSSR count). The van der Waals surface area contributed by atoms with E-state index in [-0.39, 0.29) is 0 Å². The largest absolute Gasteiger partial charge is 0.496 e. The van der Waals surface area contributed by atoms with Crippen LogP contribution in [0.3, 0.4) is 0 Å². The van der Waals surface area contributed by atoms with E-state index in [9.17, 15) is 4.79 Å². The van der Waals surface area contributed by atoms with Crippen LogP contribution in [-0.2, 0) is 0 Å². The molecule has 0 aliphatic carbocycles. The van der Waals surface area contributed by atoms with Gasteiger partial charge in [0, 0.05) is 5.56 Å². The van der Waals surface area contributed by atoms with E-state index in [1.54, 1.807) is 13.2 Å². The van der Waals surface area contributed by atoms with Crippen LogP contribution < -0.4 is 4.74 Å². The third-order valence-electron chi connectivity index (χ3n) is 2.00. The number of carbonyl (C=O) groups excluding carboxylic acids is 1. The van der Waals surface area contributed by atoms with Gasteiger partial charge in [0.1, 0.15) is 12.0 Å². The molecule has 1 aromatic rings. The lowest BCUT2D eigenvalue weighted by Crippen LogP contribution is -1.92. The zero-order valence-corrected chi connectivity index (χ0v) is 7.55. The zero-order valence-electron chi connectivity index (χ0n) is 7.55. The van der Waals surface area contributed by atoms with Gasteiger partial charge in [-0.1, -0.05) is 0 Å². The number of ether oxygens (including phenoxy) is 1. The highest BCUT2D eigenvalue weighted by atomic mass is 16.5. The first-order valence-corrected chi connectivity index (χ1v) is 3.79. The van der Waals surface area contributed by atoms with Crippen LogP contribution in [-0.4, -0.2) is 13.4 Å². The Hall–Kier alpha value is -1.31. The minimum atomic E-state index is 0.662. The summed E-state index contributed by atoms with van der Waals surface area (Å²) in [6.07, 6.45) is 0.828. The maximum Gasteiger partial charge on any atom is 0.150 e. The van der Waals surface area contributed by atoms with Crippen LogP contribution in [0.5, 0.6) is 5.75 Å². The summed E-state index contributed by atoms with van der Waals surface area (Å²) in [7, 11) is 1.61. The molecular weight excluding hydrogens is 152 g/mol. The molecule has 0 saturated heterocycles. The molecule has 0 bridgehead atoms. The van der Waals surface area contributed by atoms with Crippen LogP contribution >= 0.6 is 0 Å². The number of hydrogen-bond donors (Lipinski definition) is 0. The van der Waals surface area contributed by atoms with Crippen molar-refractivity contribution in [1.82, 2.24) is 0 Å². The Kier molecular flexibility index (Phi) is 2.48. The van der Waals surface area contributed by atoms with E-state index in [1.165, 1.54) is 0 Å². The van der Waals surface area contributed by atoms with Gasteiger partial charge in [0.25, 0.3) is 0 Å². The second-order valence-electron chi connectivity index (χ2n) is 2.78. The molecule has 12 heavy (non-hydrogen) atoms. The summed E-state index contributed by atoms with van der Waals surface area (Å²) >= 11 is 0. The topological polar surface area (TPSA) is 26.3 Å². The molecule has 1 aromatic carbocycles. The second-order valence-corrected chi connectivity index (χ2v) is 2.78. The first kappa shape index (κ1) is 8.78. The molecular formula is C10H12O2. The lowest BCUT2D eigenvalue weighted by Gasteiger charge is -2.07. The van der Waals surface area contributed by atoms with E-state index in [0.717, 1.165) is 23.2 Å². The predicted molar refractivity (Wildman–Crippen MR) is 47.9 cm³/mol. The number of carbonyl (C=O) groups is 1. The number of methoxy groups -OCH3 is 1. The zero-order chi connectivity index (χ0) is 9.14. The van der Waals surface area contributed by atoms with Gasteiger partial charge in [-0.2, -0.15) is 0 Å². The quantitative estimate of drug-likeness (QED) is 0.626. The molecule has 0 aromatic heterocycles. The summed E-state index contributed by atoms with van der Waals surface area (Å²) in [5, 5.41) is 0. The van der Waals surface area contributed by atoms with Gasteiger partial charge in [-0.25, -0.2) is 0 Å². The Morgan fingerprint density at radius 3 is 2.50 bits per heavy atom. The van der Waals surface area contributed by atoms with Crippen LogP contribution in [0.1, 0.15) is 21.5 Å². The van der Waals surface area contributed by atoms with Crippen molar-refractivity contribution in [1.29, 1.82) is 0 Å². The first-order valence-electron chi connectivity index (χ1n) is 3.79. The summed E-state index contributed by atoms with van der Waals surface area (Å²) in [5.41, 5.74) is 2.83. The summed E-state index contributed by atoms with van der Waals surface area (Å²) in [6.45, 7) is 3.94. The summed E-state index contributed by atoms with van der Waals surface area (Å²) < 4.78 is 5.11. The highest BCUT2D eigenvalue weighted by Crippen LogP contribution is 2.22. The van der Waals surface area contributed by atoms with Crippen molar-refractivity contribution in [2.45, 2.75) is 13.8 Å². The molecule has 0 unspecified atom stereocenters. The van der Waals surface area contributed by atoms with Gasteiger partial charge < -0.3 is 4.74 Å². The van der Waals surface area contributed by atoms with Crippen molar-refractivity contribution in [2.75, 3.05) is 7.11 Å². The molecule has 0 atom stereocenters. The fraction of sp³-hybridized carbons (Fsp3) is 0.300. The Bertz CT molecular complexity index is 303. The smallest absolute Gasteiger partial charge is 0.150 e. The van der Waals surface area contributed by atoms with E-state index in [0.29, 0.717) is 5.56 Å². The molecule has 0 aliphatic rings. The number of aldehydes is 1. The fourth-order valence-electron chi connectivity index (χ4n) is 1.13. The van der Waals surface area contributed by atoms with Crippen molar-refractivity contribution in [3.05, 3.63) is 28.8 Å². The minimum Gasteiger partial charge on any atom is -0.496 e. The van der Waals surface area contributed by atoms with Crippen LogP contribution in [0, 0.1) is 13.8 Å². The van der Waals surface area contributed by atoms with E-state index in [2.05, 4.69) is 0 Å². The van der Waals surface area contributed by atoms with Crippen molar-refractivity contribution in [3.8, 4) is 5.75 Å². The molecule has 0 radical (unpaired) electrons. The van der Waals surface area contributed by atoms with Crippen molar-refractivity contribution in [3.63, 3.8) is 0 Å². The highest BCUT2D eigenvalue weighted by Gasteiger charge is 2.03. The molecule has 0 aliphatic heterocycles. The third-order valence-corrected chi connectivity index (χ3v) is 2.00. The number of aryl methyl sites for hydroxylation is 1. The van der Waals surface area contributed by atoms with Gasteiger partial charge in [0.15, 0.2) is 0 Å². The van der Waals surface area contributed by atoms with Gasteiger partial charge in [0.05, 0.1) is 7.11 Å². The molecule has 64 valence electrons. The van der Waals surface area contributed by atoms with E-state index in [1.807, 2.05) is 19.9 Å². The van der Waals surface area contributed by atoms with Crippen molar-refractivity contribution >= 4 is 6.29 Å². The Labute approximate surface area is 72.2 Å². The van der Waals surface area contributed by atoms with Gasteiger partial charge >= 0.3 is 0 Å². The monoisotopic (exact) mass is 164 g/mol. The number of benzene rings is 1. The van der Waals surface area contributed by atoms with Crippen LogP contribution in [0.15, 0.2) is 12.1 Å². The molecule has 2 heteroatoms. The van der Waals surface area contributed by atoms with E-state index >= 15 is 0 Å². The number of hydrogen-bond acceptors (Lipinski definition) is 2. The van der Waals surface area contributed by atoms with E-state index in [4.69, 9.17) is 4.74 Å². The van der Waals surface area contributed by atoms with Crippen LogP contribution in [0.2, 0.25) is 0 Å². The standard InChI is InChI=1S/C10H12O2/c1-7-4-9(6-11)5-10(12-3)8(7)2/h4-6H,1-3H3. The Morgan fingerprint density at radius 2 is 2.00 bits per heavy atom. The van der Waals surface area contributed by atoms with Gasteiger partial charge in [-0.05, 0) is 37.1 Å². The fourth-order valence-corrected chi connectivity index (χ4v) is 1.13. The summed E-state index contributed by atoms with van der Waals surface area (Å²) in [4.78, 5) is 10.5. The normalized spacial score (nSPS) is 9.58. The maximum atomic E-state index is 10.5. The molecule has 0 N–H and O–H groups in total.